The largest absolute Gasteiger partial charge is 0.408 e. The molecule has 2 aliphatic rings. The molecule has 12 heteroatoms. The molecule has 0 aliphatic carbocycles. The van der Waals surface area contributed by atoms with Gasteiger partial charge in [0.2, 0.25) is 11.7 Å². The number of nitrogens with zero attached hydrogens (tertiary/aromatic N) is 5. The van der Waals surface area contributed by atoms with E-state index in [0.717, 1.165) is 15.5 Å². The van der Waals surface area contributed by atoms with E-state index in [4.69, 9.17) is 4.74 Å². The molecule has 0 radical (unpaired) electrons. The number of morpholine rings is 1. The number of aromatic nitrogens is 3. The van der Waals surface area contributed by atoms with Crippen molar-refractivity contribution in [3.05, 3.63) is 46.3 Å². The first kappa shape index (κ1) is 22.2. The Bertz CT molecular complexity index is 1070. The van der Waals surface area contributed by atoms with Crippen molar-refractivity contribution < 1.29 is 27.1 Å². The van der Waals surface area contributed by atoms with E-state index >= 15 is 0 Å². The van der Waals surface area contributed by atoms with Crippen LogP contribution in [0.25, 0.3) is 0 Å². The van der Waals surface area contributed by atoms with E-state index in [1.165, 1.54) is 18.3 Å². The molecule has 1 fully saturated rings. The second-order valence-corrected chi connectivity index (χ2v) is 7.75. The molecule has 0 N–H and O–H groups in total. The third kappa shape index (κ3) is 4.18. The molecule has 2 aromatic heterocycles. The van der Waals surface area contributed by atoms with Crippen LogP contribution in [0.3, 0.4) is 0 Å². The molecule has 0 amide bonds. The maximum Gasteiger partial charge on any atom is 0.408 e. The van der Waals surface area contributed by atoms with Gasteiger partial charge in [-0.15, -0.1) is 0 Å². The second-order valence-electron chi connectivity index (χ2n) is 7.75. The maximum atomic E-state index is 14.0. The number of rotatable bonds is 4. The molecule has 2 atom stereocenters. The van der Waals surface area contributed by atoms with Crippen LogP contribution in [0.2, 0.25) is 0 Å². The Kier molecular flexibility index (Phi) is 5.89. The van der Waals surface area contributed by atoms with E-state index < -0.39 is 48.0 Å². The lowest BCUT2D eigenvalue weighted by Gasteiger charge is -2.40. The predicted octanol–water partition coefficient (Wildman–Crippen LogP) is 2.03. The number of ketones is 1. The Morgan fingerprint density at radius 2 is 2.09 bits per heavy atom. The SMILES string of the molecule is C[C@@H]1COCCN1c1cc(=O)n2c(n1)N(CC(=O)c1ncccc1F)[C@H](C(F)(F)F)CC2. The van der Waals surface area contributed by atoms with Gasteiger partial charge in [-0.2, -0.15) is 18.2 Å². The minimum Gasteiger partial charge on any atom is -0.377 e. The lowest BCUT2D eigenvalue weighted by Crippen LogP contribution is -2.54. The molecule has 0 bridgehead atoms. The van der Waals surface area contributed by atoms with Crippen LogP contribution >= 0.6 is 0 Å². The number of anilines is 2. The van der Waals surface area contributed by atoms with Crippen LogP contribution in [0.1, 0.15) is 23.8 Å². The van der Waals surface area contributed by atoms with E-state index in [0.29, 0.717) is 19.8 Å². The van der Waals surface area contributed by atoms with Crippen LogP contribution in [0, 0.1) is 5.82 Å². The molecule has 32 heavy (non-hydrogen) atoms. The van der Waals surface area contributed by atoms with Gasteiger partial charge in [0.05, 0.1) is 25.8 Å². The fourth-order valence-electron chi connectivity index (χ4n) is 4.01. The van der Waals surface area contributed by atoms with Crippen LogP contribution < -0.4 is 15.4 Å². The number of alkyl halides is 3. The zero-order valence-electron chi connectivity index (χ0n) is 17.2. The van der Waals surface area contributed by atoms with Crippen LogP contribution in [-0.2, 0) is 11.3 Å². The number of ether oxygens (including phenoxy) is 1. The minimum absolute atomic E-state index is 0.140. The summed E-state index contributed by atoms with van der Waals surface area (Å²) in [5.74, 6) is -1.93. The Labute approximate surface area is 180 Å². The molecule has 8 nitrogen and oxygen atoms in total. The molecule has 2 aliphatic heterocycles. The van der Waals surface area contributed by atoms with Crippen molar-refractivity contribution in [1.82, 2.24) is 14.5 Å². The summed E-state index contributed by atoms with van der Waals surface area (Å²) in [6, 6.07) is 1.36. The summed E-state index contributed by atoms with van der Waals surface area (Å²) in [5, 5.41) is 0. The molecule has 4 heterocycles. The normalized spacial score (nSPS) is 21.4. The van der Waals surface area contributed by atoms with Gasteiger partial charge >= 0.3 is 6.18 Å². The van der Waals surface area contributed by atoms with Gasteiger partial charge in [0, 0.05) is 25.4 Å². The van der Waals surface area contributed by atoms with Gasteiger partial charge in [0.15, 0.2) is 5.82 Å². The van der Waals surface area contributed by atoms with Crippen LogP contribution in [-0.4, -0.2) is 64.9 Å². The minimum atomic E-state index is -4.69. The predicted molar refractivity (Wildman–Crippen MR) is 106 cm³/mol. The van der Waals surface area contributed by atoms with Gasteiger partial charge in [-0.3, -0.25) is 14.2 Å². The van der Waals surface area contributed by atoms with E-state index in [1.807, 2.05) is 6.92 Å². The lowest BCUT2D eigenvalue weighted by atomic mass is 10.1. The fraction of sp³-hybridized carbons (Fsp3) is 0.500. The summed E-state index contributed by atoms with van der Waals surface area (Å²) in [5.41, 5.74) is -1.09. The highest BCUT2D eigenvalue weighted by molar-refractivity contribution is 5.97. The van der Waals surface area contributed by atoms with Crippen molar-refractivity contribution in [2.24, 2.45) is 0 Å². The number of pyridine rings is 1. The first-order valence-corrected chi connectivity index (χ1v) is 10.1. The van der Waals surface area contributed by atoms with Gasteiger partial charge in [-0.05, 0) is 25.5 Å². The molecular formula is C20H21F4N5O3. The highest BCUT2D eigenvalue weighted by atomic mass is 19.4. The fourth-order valence-corrected chi connectivity index (χ4v) is 4.01. The molecular weight excluding hydrogens is 434 g/mol. The van der Waals surface area contributed by atoms with Crippen molar-refractivity contribution in [1.29, 1.82) is 0 Å². The van der Waals surface area contributed by atoms with Crippen LogP contribution in [0.15, 0.2) is 29.2 Å². The molecule has 0 saturated carbocycles. The molecule has 2 aromatic rings. The summed E-state index contributed by atoms with van der Waals surface area (Å²) in [4.78, 5) is 36.0. The standard InChI is InChI=1S/C20H21F4N5O3/c1-12-11-32-8-7-27(12)16-9-17(31)28-6-4-15(20(22,23)24)29(19(28)26-16)10-14(30)18-13(21)3-2-5-25-18/h2-3,5,9,12,15H,4,6-8,10-11H2,1H3/t12-,15+/m1/s1. The summed E-state index contributed by atoms with van der Waals surface area (Å²) in [6.45, 7) is 2.00. The van der Waals surface area contributed by atoms with Crippen molar-refractivity contribution in [2.75, 3.05) is 36.1 Å². The molecule has 172 valence electrons. The Balaban J connectivity index is 1.77. The van der Waals surface area contributed by atoms with Gasteiger partial charge < -0.3 is 14.5 Å². The Hall–Kier alpha value is -3.02. The summed E-state index contributed by atoms with van der Waals surface area (Å²) in [6.07, 6.45) is -3.94. The van der Waals surface area contributed by atoms with Gasteiger partial charge in [-0.1, -0.05) is 0 Å². The second kappa shape index (κ2) is 8.49. The van der Waals surface area contributed by atoms with Crippen molar-refractivity contribution in [3.63, 3.8) is 0 Å². The summed E-state index contributed by atoms with van der Waals surface area (Å²) < 4.78 is 62.1. The van der Waals surface area contributed by atoms with E-state index in [-0.39, 0.29) is 24.4 Å². The van der Waals surface area contributed by atoms with Crippen molar-refractivity contribution in [2.45, 2.75) is 38.1 Å². The number of carbonyl (C=O) groups excluding carboxylic acids is 1. The average Bonchev–Trinajstić information content (AvgIpc) is 2.73. The highest BCUT2D eigenvalue weighted by Crippen LogP contribution is 2.34. The zero-order valence-corrected chi connectivity index (χ0v) is 17.2. The van der Waals surface area contributed by atoms with Gasteiger partial charge in [-0.25, -0.2) is 9.37 Å². The van der Waals surface area contributed by atoms with Crippen LogP contribution in [0.4, 0.5) is 29.3 Å². The van der Waals surface area contributed by atoms with E-state index in [1.54, 1.807) is 4.90 Å². The molecule has 0 aromatic carbocycles. The molecule has 1 saturated heterocycles. The summed E-state index contributed by atoms with van der Waals surface area (Å²) >= 11 is 0. The highest BCUT2D eigenvalue weighted by Gasteiger charge is 2.47. The van der Waals surface area contributed by atoms with Crippen LogP contribution in [0.5, 0.6) is 0 Å². The van der Waals surface area contributed by atoms with E-state index in [9.17, 15) is 27.2 Å². The topological polar surface area (TPSA) is 80.6 Å². The first-order valence-electron chi connectivity index (χ1n) is 10.1. The lowest BCUT2D eigenvalue weighted by molar-refractivity contribution is -0.152. The number of halogens is 4. The average molecular weight is 455 g/mol. The number of hydrogen-bond donors (Lipinski definition) is 0. The maximum absolute atomic E-state index is 14.0. The number of Topliss-reactive ketones (excluding diaryl/α,β-unsaturated/α-hetero) is 1. The third-order valence-corrected chi connectivity index (χ3v) is 5.61. The number of fused-ring (bicyclic) bond motifs is 1. The van der Waals surface area contributed by atoms with Gasteiger partial charge in [0.1, 0.15) is 17.6 Å². The van der Waals surface area contributed by atoms with E-state index in [2.05, 4.69) is 9.97 Å². The zero-order chi connectivity index (χ0) is 23.0. The molecule has 0 unspecified atom stereocenters. The number of carbonyl (C=O) groups is 1. The molecule has 4 rings (SSSR count). The molecule has 0 spiro atoms. The first-order chi connectivity index (χ1) is 15.2. The summed E-state index contributed by atoms with van der Waals surface area (Å²) in [7, 11) is 0. The Morgan fingerprint density at radius 3 is 2.78 bits per heavy atom. The third-order valence-electron chi connectivity index (χ3n) is 5.61. The van der Waals surface area contributed by atoms with Crippen molar-refractivity contribution in [3.8, 4) is 0 Å². The monoisotopic (exact) mass is 455 g/mol. The quantitative estimate of drug-likeness (QED) is 0.516. The van der Waals surface area contributed by atoms with Gasteiger partial charge in [0.25, 0.3) is 5.56 Å². The smallest absolute Gasteiger partial charge is 0.377 e. The van der Waals surface area contributed by atoms with Crippen molar-refractivity contribution >= 4 is 17.5 Å². The number of hydrogen-bond acceptors (Lipinski definition) is 7. The Morgan fingerprint density at radius 1 is 1.31 bits per heavy atom.